The minimum Gasteiger partial charge on any atom is -0.478 e. The monoisotopic (exact) mass is 288 g/mol. The van der Waals surface area contributed by atoms with Crippen molar-refractivity contribution in [2.75, 3.05) is 5.32 Å². The van der Waals surface area contributed by atoms with Gasteiger partial charge < -0.3 is 10.4 Å². The average molecular weight is 289 g/mol. The molecule has 1 aromatic carbocycles. The summed E-state index contributed by atoms with van der Waals surface area (Å²) in [6.07, 6.45) is 3.42. The molecular formula is C15H13ClN2O2. The van der Waals surface area contributed by atoms with E-state index < -0.39 is 5.97 Å². The average Bonchev–Trinajstić information content (AvgIpc) is 2.85. The molecule has 0 spiro atoms. The van der Waals surface area contributed by atoms with Crippen LogP contribution in [-0.2, 0) is 12.8 Å². The van der Waals surface area contributed by atoms with Gasteiger partial charge in [0, 0.05) is 5.69 Å². The highest BCUT2D eigenvalue weighted by molar-refractivity contribution is 6.29. The largest absolute Gasteiger partial charge is 0.478 e. The number of aromatic carboxylic acids is 1. The van der Waals surface area contributed by atoms with Crippen LogP contribution < -0.4 is 5.32 Å². The number of carboxylic acid groups (broad SMARTS) is 1. The van der Waals surface area contributed by atoms with Gasteiger partial charge in [0.2, 0.25) is 0 Å². The van der Waals surface area contributed by atoms with Crippen molar-refractivity contribution in [3.63, 3.8) is 0 Å². The van der Waals surface area contributed by atoms with Crippen LogP contribution in [0.1, 0.15) is 27.9 Å². The Hall–Kier alpha value is -2.07. The maximum absolute atomic E-state index is 11.0. The summed E-state index contributed by atoms with van der Waals surface area (Å²) >= 11 is 5.84. The van der Waals surface area contributed by atoms with Crippen molar-refractivity contribution in [1.29, 1.82) is 0 Å². The number of fused-ring (bicyclic) bond motifs is 1. The number of halogens is 1. The predicted molar refractivity (Wildman–Crippen MR) is 78.0 cm³/mol. The summed E-state index contributed by atoms with van der Waals surface area (Å²) in [7, 11) is 0. The molecule has 4 nitrogen and oxygen atoms in total. The van der Waals surface area contributed by atoms with Gasteiger partial charge in [0.15, 0.2) is 0 Å². The molecule has 2 N–H and O–H groups in total. The zero-order valence-corrected chi connectivity index (χ0v) is 11.4. The molecule has 0 bridgehead atoms. The summed E-state index contributed by atoms with van der Waals surface area (Å²) in [4.78, 5) is 15.1. The van der Waals surface area contributed by atoms with Crippen LogP contribution in [0.2, 0.25) is 5.15 Å². The number of benzene rings is 1. The molecule has 0 saturated carbocycles. The van der Waals surface area contributed by atoms with Crippen molar-refractivity contribution < 1.29 is 9.90 Å². The molecule has 0 unspecified atom stereocenters. The number of pyridine rings is 1. The number of carbonyl (C=O) groups is 1. The van der Waals surface area contributed by atoms with Crippen molar-refractivity contribution in [3.05, 3.63) is 52.2 Å². The van der Waals surface area contributed by atoms with E-state index in [1.807, 2.05) is 6.07 Å². The molecule has 0 fully saturated rings. The van der Waals surface area contributed by atoms with Crippen LogP contribution in [0.15, 0.2) is 30.3 Å². The van der Waals surface area contributed by atoms with E-state index >= 15 is 0 Å². The van der Waals surface area contributed by atoms with Crippen LogP contribution in [0.3, 0.4) is 0 Å². The highest BCUT2D eigenvalue weighted by Crippen LogP contribution is 2.26. The number of anilines is 2. The first-order valence-corrected chi connectivity index (χ1v) is 6.79. The summed E-state index contributed by atoms with van der Waals surface area (Å²) < 4.78 is 0. The Bertz CT molecular complexity index is 686. The third-order valence-electron chi connectivity index (χ3n) is 3.41. The Morgan fingerprint density at radius 3 is 2.80 bits per heavy atom. The first kappa shape index (κ1) is 12.9. The van der Waals surface area contributed by atoms with Gasteiger partial charge in [0.05, 0.1) is 5.56 Å². The van der Waals surface area contributed by atoms with Gasteiger partial charge in [-0.1, -0.05) is 17.7 Å². The smallest absolute Gasteiger partial charge is 0.335 e. The van der Waals surface area contributed by atoms with Crippen molar-refractivity contribution in [3.8, 4) is 0 Å². The van der Waals surface area contributed by atoms with Gasteiger partial charge in [-0.05, 0) is 54.7 Å². The first-order valence-electron chi connectivity index (χ1n) is 6.41. The Labute approximate surface area is 121 Å². The lowest BCUT2D eigenvalue weighted by molar-refractivity contribution is 0.0697. The summed E-state index contributed by atoms with van der Waals surface area (Å²) in [5.41, 5.74) is 3.75. The molecule has 0 aliphatic heterocycles. The molecule has 0 atom stereocenters. The van der Waals surface area contributed by atoms with Crippen LogP contribution in [-0.4, -0.2) is 16.1 Å². The molecule has 0 amide bonds. The molecule has 2 aromatic rings. The molecule has 0 radical (unpaired) electrons. The predicted octanol–water partition coefficient (Wildman–Crippen LogP) is 3.67. The van der Waals surface area contributed by atoms with Crippen LogP contribution in [0, 0.1) is 0 Å². The van der Waals surface area contributed by atoms with E-state index in [1.165, 1.54) is 29.7 Å². The van der Waals surface area contributed by atoms with Gasteiger partial charge in [-0.3, -0.25) is 0 Å². The van der Waals surface area contributed by atoms with Crippen molar-refractivity contribution >= 4 is 29.1 Å². The molecule has 5 heteroatoms. The zero-order chi connectivity index (χ0) is 14.1. The number of nitrogens with zero attached hydrogens (tertiary/aromatic N) is 1. The van der Waals surface area contributed by atoms with Gasteiger partial charge in [0.1, 0.15) is 11.0 Å². The minimum atomic E-state index is -1.02. The van der Waals surface area contributed by atoms with Gasteiger partial charge in [-0.15, -0.1) is 0 Å². The van der Waals surface area contributed by atoms with Crippen LogP contribution in [0.4, 0.5) is 11.5 Å². The fourth-order valence-corrected chi connectivity index (χ4v) is 2.69. The normalized spacial score (nSPS) is 13.1. The van der Waals surface area contributed by atoms with E-state index in [2.05, 4.69) is 22.4 Å². The molecule has 1 aliphatic rings. The fraction of sp³-hybridized carbons (Fsp3) is 0.200. The van der Waals surface area contributed by atoms with Crippen molar-refractivity contribution in [1.82, 2.24) is 4.98 Å². The first-order chi connectivity index (χ1) is 9.61. The number of aromatic nitrogens is 1. The number of hydrogen-bond donors (Lipinski definition) is 2. The number of aryl methyl sites for hydroxylation is 2. The summed E-state index contributed by atoms with van der Waals surface area (Å²) in [5.74, 6) is -0.584. The molecule has 20 heavy (non-hydrogen) atoms. The van der Waals surface area contributed by atoms with E-state index in [0.717, 1.165) is 18.5 Å². The maximum atomic E-state index is 11.0. The van der Waals surface area contributed by atoms with E-state index in [1.54, 1.807) is 0 Å². The SMILES string of the molecule is O=C(O)c1cc(Cl)nc(Nc2ccc3c(c2)CCC3)c1. The fourth-order valence-electron chi connectivity index (χ4n) is 2.48. The quantitative estimate of drug-likeness (QED) is 0.846. The van der Waals surface area contributed by atoms with E-state index in [-0.39, 0.29) is 10.7 Å². The Balaban J connectivity index is 1.89. The Morgan fingerprint density at radius 1 is 1.20 bits per heavy atom. The van der Waals surface area contributed by atoms with Crippen LogP contribution in [0.25, 0.3) is 0 Å². The van der Waals surface area contributed by atoms with E-state index in [0.29, 0.717) is 5.82 Å². The Morgan fingerprint density at radius 2 is 2.00 bits per heavy atom. The number of carboxylic acids is 1. The molecule has 0 saturated heterocycles. The second-order valence-electron chi connectivity index (χ2n) is 4.83. The number of hydrogen-bond acceptors (Lipinski definition) is 3. The van der Waals surface area contributed by atoms with Crippen molar-refractivity contribution in [2.45, 2.75) is 19.3 Å². The molecule has 1 aliphatic carbocycles. The Kier molecular flexibility index (Phi) is 3.32. The summed E-state index contributed by atoms with van der Waals surface area (Å²) in [6, 6.07) is 8.98. The second kappa shape index (κ2) is 5.13. The van der Waals surface area contributed by atoms with Gasteiger partial charge in [-0.25, -0.2) is 9.78 Å². The second-order valence-corrected chi connectivity index (χ2v) is 5.22. The molecule has 102 valence electrons. The van der Waals surface area contributed by atoms with E-state index in [9.17, 15) is 4.79 Å². The highest BCUT2D eigenvalue weighted by atomic mass is 35.5. The van der Waals surface area contributed by atoms with Gasteiger partial charge in [-0.2, -0.15) is 0 Å². The standard InChI is InChI=1S/C15H13ClN2O2/c16-13-7-11(15(19)20)8-14(18-13)17-12-5-4-9-2-1-3-10(9)6-12/h4-8H,1-3H2,(H,17,18)(H,19,20). The lowest BCUT2D eigenvalue weighted by Gasteiger charge is -2.09. The van der Waals surface area contributed by atoms with Crippen molar-refractivity contribution in [2.24, 2.45) is 0 Å². The summed E-state index contributed by atoms with van der Waals surface area (Å²) in [6.45, 7) is 0. The number of rotatable bonds is 3. The number of nitrogens with one attached hydrogen (secondary N) is 1. The highest BCUT2D eigenvalue weighted by Gasteiger charge is 2.12. The third kappa shape index (κ3) is 2.60. The lowest BCUT2D eigenvalue weighted by atomic mass is 10.1. The topological polar surface area (TPSA) is 62.2 Å². The molecule has 1 heterocycles. The lowest BCUT2D eigenvalue weighted by Crippen LogP contribution is -2.01. The molecule has 1 aromatic heterocycles. The minimum absolute atomic E-state index is 0.119. The molecule has 3 rings (SSSR count). The van der Waals surface area contributed by atoms with Crippen LogP contribution in [0.5, 0.6) is 0 Å². The zero-order valence-electron chi connectivity index (χ0n) is 10.7. The summed E-state index contributed by atoms with van der Waals surface area (Å²) in [5, 5.41) is 12.3. The van der Waals surface area contributed by atoms with E-state index in [4.69, 9.17) is 16.7 Å². The maximum Gasteiger partial charge on any atom is 0.335 e. The van der Waals surface area contributed by atoms with Crippen LogP contribution >= 0.6 is 11.6 Å². The molecular weight excluding hydrogens is 276 g/mol. The van der Waals surface area contributed by atoms with Gasteiger partial charge in [0.25, 0.3) is 0 Å². The third-order valence-corrected chi connectivity index (χ3v) is 3.61. The van der Waals surface area contributed by atoms with Gasteiger partial charge >= 0.3 is 5.97 Å².